The Bertz CT molecular complexity index is 546. The number of phosphoric acid groups is 1. The highest BCUT2D eigenvalue weighted by Gasteiger charge is 2.25. The molecule has 0 aliphatic rings. The van der Waals surface area contributed by atoms with E-state index in [-0.39, 0.29) is 18.5 Å². The summed E-state index contributed by atoms with van der Waals surface area (Å²) in [6.45, 7) is 3.00. The van der Waals surface area contributed by atoms with Gasteiger partial charge >= 0.3 is 7.82 Å². The zero-order valence-corrected chi connectivity index (χ0v) is 25.3. The largest absolute Gasteiger partial charge is 0.472 e. The fraction of sp³-hybridized carbons (Fsp3) is 1.00. The van der Waals surface area contributed by atoms with Gasteiger partial charge in [-0.3, -0.25) is 13.3 Å². The Hall–Kier alpha value is 0.570. The van der Waals surface area contributed by atoms with Crippen molar-refractivity contribution in [2.45, 2.75) is 102 Å². The molecule has 0 bridgehead atoms. The molecule has 9 heteroatoms. The standard InChI is InChI=1S/C25H54NO5PS2/c1-6-7-8-9-10-11-12-13-14-15-16-17-18-19-22-33-24-25(34(5)29)23-31-32(27,28)30-21-20-26(2,3)4/h25H,6-24H2,1-5H3/p+1. The summed E-state index contributed by atoms with van der Waals surface area (Å²) in [5.74, 6) is 1.70. The van der Waals surface area contributed by atoms with E-state index < -0.39 is 18.6 Å². The molecular formula is C25H55NO5PS2+. The number of hydrogen-bond donors (Lipinski definition) is 1. The third-order valence-electron chi connectivity index (χ3n) is 5.86. The molecule has 0 aliphatic carbocycles. The van der Waals surface area contributed by atoms with E-state index >= 15 is 0 Å². The lowest BCUT2D eigenvalue weighted by atomic mass is 10.0. The summed E-state index contributed by atoms with van der Waals surface area (Å²) in [6, 6.07) is 0. The van der Waals surface area contributed by atoms with Crippen LogP contribution in [0.5, 0.6) is 0 Å². The first-order valence-electron chi connectivity index (χ1n) is 13.4. The maximum Gasteiger partial charge on any atom is 0.472 e. The Kier molecular flexibility index (Phi) is 22.0. The first-order valence-corrected chi connectivity index (χ1v) is 17.7. The minimum atomic E-state index is -4.10. The van der Waals surface area contributed by atoms with Gasteiger partial charge in [0.25, 0.3) is 0 Å². The molecule has 206 valence electrons. The van der Waals surface area contributed by atoms with Crippen LogP contribution >= 0.6 is 19.6 Å². The maximum absolute atomic E-state index is 12.0. The van der Waals surface area contributed by atoms with Crippen molar-refractivity contribution in [2.75, 3.05) is 58.7 Å². The predicted molar refractivity (Wildman–Crippen MR) is 150 cm³/mol. The molecule has 0 amide bonds. The van der Waals surface area contributed by atoms with Crippen molar-refractivity contribution >= 4 is 30.4 Å². The number of likely N-dealkylation sites (N-methyl/N-ethyl adjacent to an activating group) is 1. The van der Waals surface area contributed by atoms with Crippen molar-refractivity contribution in [1.29, 1.82) is 0 Å². The fourth-order valence-corrected chi connectivity index (χ4v) is 6.60. The van der Waals surface area contributed by atoms with Gasteiger partial charge in [-0.15, -0.1) is 0 Å². The van der Waals surface area contributed by atoms with Crippen LogP contribution in [-0.4, -0.2) is 77.5 Å². The van der Waals surface area contributed by atoms with E-state index in [1.165, 1.54) is 89.9 Å². The Morgan fingerprint density at radius 3 is 1.76 bits per heavy atom. The van der Waals surface area contributed by atoms with Gasteiger partial charge in [-0.25, -0.2) is 4.57 Å². The average molecular weight is 545 g/mol. The predicted octanol–water partition coefficient (Wildman–Crippen LogP) is 6.79. The van der Waals surface area contributed by atoms with Gasteiger partial charge < -0.3 is 9.38 Å². The van der Waals surface area contributed by atoms with Gasteiger partial charge in [-0.1, -0.05) is 90.4 Å². The number of nitrogens with zero attached hydrogens (tertiary/aromatic N) is 1. The Labute approximate surface area is 218 Å². The van der Waals surface area contributed by atoms with Crippen LogP contribution < -0.4 is 0 Å². The molecule has 0 radical (unpaired) electrons. The van der Waals surface area contributed by atoms with Crippen LogP contribution in [0, 0.1) is 0 Å². The second-order valence-electron chi connectivity index (χ2n) is 10.4. The third kappa shape index (κ3) is 24.3. The summed E-state index contributed by atoms with van der Waals surface area (Å²) in [4.78, 5) is 9.85. The molecule has 0 aromatic carbocycles. The highest BCUT2D eigenvalue weighted by Crippen LogP contribution is 2.43. The van der Waals surface area contributed by atoms with Gasteiger partial charge in [0.15, 0.2) is 0 Å². The van der Waals surface area contributed by atoms with Gasteiger partial charge in [-0.2, -0.15) is 11.8 Å². The summed E-state index contributed by atoms with van der Waals surface area (Å²) < 4.78 is 34.8. The van der Waals surface area contributed by atoms with Crippen LogP contribution in [0.25, 0.3) is 0 Å². The second-order valence-corrected chi connectivity index (χ2v) is 14.7. The number of quaternary nitrogens is 1. The van der Waals surface area contributed by atoms with Gasteiger partial charge in [-0.05, 0) is 12.2 Å². The quantitative estimate of drug-likeness (QED) is 0.0775. The van der Waals surface area contributed by atoms with E-state index in [1.807, 2.05) is 21.1 Å². The van der Waals surface area contributed by atoms with Crippen LogP contribution in [0.4, 0.5) is 0 Å². The van der Waals surface area contributed by atoms with Crippen molar-refractivity contribution in [3.05, 3.63) is 0 Å². The highest BCUT2D eigenvalue weighted by atomic mass is 32.2. The van der Waals surface area contributed by atoms with Crippen LogP contribution in [0.2, 0.25) is 0 Å². The van der Waals surface area contributed by atoms with Crippen molar-refractivity contribution in [3.63, 3.8) is 0 Å². The van der Waals surface area contributed by atoms with Gasteiger partial charge in [0.05, 0.1) is 33.0 Å². The van der Waals surface area contributed by atoms with Gasteiger partial charge in [0.2, 0.25) is 0 Å². The molecule has 3 unspecified atom stereocenters. The fourth-order valence-electron chi connectivity index (χ4n) is 3.50. The van der Waals surface area contributed by atoms with Crippen molar-refractivity contribution in [1.82, 2.24) is 0 Å². The zero-order chi connectivity index (χ0) is 25.7. The maximum atomic E-state index is 12.0. The first-order chi connectivity index (χ1) is 16.1. The molecule has 3 atom stereocenters. The third-order valence-corrected chi connectivity index (χ3v) is 9.51. The molecule has 0 aromatic heterocycles. The summed E-state index contributed by atoms with van der Waals surface area (Å²) in [7, 11) is 0.738. The minimum absolute atomic E-state index is 0.0208. The normalized spacial score (nSPS) is 15.8. The molecule has 34 heavy (non-hydrogen) atoms. The molecule has 0 heterocycles. The number of rotatable bonds is 25. The minimum Gasteiger partial charge on any atom is -0.329 e. The van der Waals surface area contributed by atoms with E-state index in [1.54, 1.807) is 18.0 Å². The Balaban J connectivity index is 3.68. The Morgan fingerprint density at radius 2 is 1.32 bits per heavy atom. The highest BCUT2D eigenvalue weighted by molar-refractivity contribution is 8.00. The summed E-state index contributed by atoms with van der Waals surface area (Å²) in [6.07, 6.45) is 20.6. The Morgan fingerprint density at radius 1 is 0.853 bits per heavy atom. The summed E-state index contributed by atoms with van der Waals surface area (Å²) in [5, 5.41) is -0.265. The van der Waals surface area contributed by atoms with Crippen LogP contribution in [0.1, 0.15) is 96.8 Å². The van der Waals surface area contributed by atoms with Gasteiger partial charge in [0.1, 0.15) is 13.2 Å². The molecule has 0 aliphatic heterocycles. The molecule has 0 saturated carbocycles. The monoisotopic (exact) mass is 544 g/mol. The number of hydrogen-bond acceptors (Lipinski definition) is 5. The number of phosphoric ester groups is 1. The first kappa shape index (κ1) is 34.6. The summed E-state index contributed by atoms with van der Waals surface area (Å²) in [5.41, 5.74) is 0. The molecule has 0 saturated heterocycles. The van der Waals surface area contributed by atoms with Crippen LogP contribution in [-0.2, 0) is 24.4 Å². The van der Waals surface area contributed by atoms with Crippen LogP contribution in [0.15, 0.2) is 0 Å². The number of thioether (sulfide) groups is 1. The van der Waals surface area contributed by atoms with Crippen molar-refractivity contribution in [2.24, 2.45) is 0 Å². The SMILES string of the molecule is CCCCCCCCCCCCCCCCSCC(COP(=O)(O)OCC[N+](C)(C)C)S(C)=O. The van der Waals surface area contributed by atoms with E-state index in [4.69, 9.17) is 9.05 Å². The number of unbranched alkanes of at least 4 members (excludes halogenated alkanes) is 13. The van der Waals surface area contributed by atoms with Crippen molar-refractivity contribution < 1.29 is 27.2 Å². The molecule has 6 nitrogen and oxygen atoms in total. The molecule has 1 N–H and O–H groups in total. The van der Waals surface area contributed by atoms with Crippen LogP contribution in [0.3, 0.4) is 0 Å². The molecule has 0 rings (SSSR count). The lowest BCUT2D eigenvalue weighted by Gasteiger charge is -2.24. The lowest BCUT2D eigenvalue weighted by molar-refractivity contribution is -0.870. The molecule has 0 fully saturated rings. The topological polar surface area (TPSA) is 72.8 Å². The second kappa shape index (κ2) is 21.6. The van der Waals surface area contributed by atoms with Crippen molar-refractivity contribution in [3.8, 4) is 0 Å². The smallest absolute Gasteiger partial charge is 0.329 e. The average Bonchev–Trinajstić information content (AvgIpc) is 2.74. The molecule has 0 spiro atoms. The summed E-state index contributed by atoms with van der Waals surface area (Å²) >= 11 is 1.76. The van der Waals surface area contributed by atoms with E-state index in [0.29, 0.717) is 16.8 Å². The van der Waals surface area contributed by atoms with E-state index in [0.717, 1.165) is 5.75 Å². The molecule has 0 aromatic rings. The van der Waals surface area contributed by atoms with E-state index in [9.17, 15) is 13.7 Å². The zero-order valence-electron chi connectivity index (χ0n) is 22.8. The van der Waals surface area contributed by atoms with E-state index in [2.05, 4.69) is 6.92 Å². The van der Waals surface area contributed by atoms with Gasteiger partial charge in [0, 0.05) is 22.8 Å². The molecular weight excluding hydrogens is 489 g/mol. The lowest BCUT2D eigenvalue weighted by Crippen LogP contribution is -2.37.